The lowest BCUT2D eigenvalue weighted by Crippen LogP contribution is -2.53. The molecule has 0 fully saturated rings. The number of unbranched alkanes of at least 4 members (excludes halogenated alkanes) is 1. The van der Waals surface area contributed by atoms with Crippen molar-refractivity contribution in [3.8, 4) is 0 Å². The van der Waals surface area contributed by atoms with Crippen molar-refractivity contribution < 1.29 is 18.4 Å². The fourth-order valence-corrected chi connectivity index (χ4v) is 5.57. The monoisotopic (exact) mass is 310 g/mol. The van der Waals surface area contributed by atoms with Gasteiger partial charge in [0.05, 0.1) is 5.56 Å². The van der Waals surface area contributed by atoms with E-state index < -0.39 is 8.56 Å². The summed E-state index contributed by atoms with van der Waals surface area (Å²) in [5.74, 6) is -0.315. The van der Waals surface area contributed by atoms with E-state index in [2.05, 4.69) is 6.92 Å². The molecule has 4 nitrogen and oxygen atoms in total. The van der Waals surface area contributed by atoms with Gasteiger partial charge in [-0.15, -0.1) is 0 Å². The molecule has 0 heterocycles. The van der Waals surface area contributed by atoms with Crippen LogP contribution in [-0.2, 0) is 13.6 Å². The molecule has 0 aliphatic carbocycles. The molecule has 1 aromatic rings. The lowest BCUT2D eigenvalue weighted by molar-refractivity contribution is 0.0318. The second-order valence-electron chi connectivity index (χ2n) is 4.99. The van der Waals surface area contributed by atoms with E-state index in [-0.39, 0.29) is 11.7 Å². The van der Waals surface area contributed by atoms with Crippen molar-refractivity contribution in [3.63, 3.8) is 0 Å². The summed E-state index contributed by atoms with van der Waals surface area (Å²) in [6.07, 6.45) is 2.76. The molecular formula is C16H26O4Si. The van der Waals surface area contributed by atoms with E-state index in [1.165, 1.54) is 0 Å². The highest BCUT2D eigenvalue weighted by Crippen LogP contribution is 2.25. The van der Waals surface area contributed by atoms with E-state index in [0.29, 0.717) is 12.0 Å². The molecule has 0 amide bonds. The molecule has 0 N–H and O–H groups in total. The first-order chi connectivity index (χ1) is 10.1. The molecule has 0 saturated carbocycles. The van der Waals surface area contributed by atoms with Gasteiger partial charge >= 0.3 is 14.5 Å². The molecule has 1 atom stereocenters. The summed E-state index contributed by atoms with van der Waals surface area (Å²) >= 11 is 0. The minimum absolute atomic E-state index is 0.299. The van der Waals surface area contributed by atoms with Crippen LogP contribution in [0.5, 0.6) is 0 Å². The van der Waals surface area contributed by atoms with Gasteiger partial charge in [0.15, 0.2) is 0 Å². The van der Waals surface area contributed by atoms with Crippen LogP contribution >= 0.6 is 0 Å². The van der Waals surface area contributed by atoms with Crippen molar-refractivity contribution in [2.45, 2.75) is 44.9 Å². The Morgan fingerprint density at radius 3 is 2.24 bits per heavy atom. The summed E-state index contributed by atoms with van der Waals surface area (Å²) < 4.78 is 17.1. The molecule has 5 heteroatoms. The summed E-state index contributed by atoms with van der Waals surface area (Å²) in [6.45, 7) is 4.12. The van der Waals surface area contributed by atoms with Crippen LogP contribution in [0.15, 0.2) is 30.3 Å². The lowest BCUT2D eigenvalue weighted by atomic mass is 10.2. The minimum atomic E-state index is -2.53. The van der Waals surface area contributed by atoms with Crippen LogP contribution in [-0.4, -0.2) is 34.5 Å². The van der Waals surface area contributed by atoms with Crippen LogP contribution in [0.3, 0.4) is 0 Å². The highest BCUT2D eigenvalue weighted by Gasteiger charge is 2.46. The van der Waals surface area contributed by atoms with Crippen LogP contribution in [0.4, 0.5) is 0 Å². The Morgan fingerprint density at radius 1 is 1.14 bits per heavy atom. The molecule has 0 saturated heterocycles. The van der Waals surface area contributed by atoms with Crippen LogP contribution in [0.1, 0.15) is 43.5 Å². The Kier molecular flexibility index (Phi) is 7.64. The molecule has 0 aliphatic rings. The van der Waals surface area contributed by atoms with Crippen LogP contribution < -0.4 is 0 Å². The Labute approximate surface area is 128 Å². The number of hydrogen-bond acceptors (Lipinski definition) is 4. The lowest BCUT2D eigenvalue weighted by Gasteiger charge is -2.34. The first-order valence-electron chi connectivity index (χ1n) is 7.49. The standard InChI is InChI=1S/C16H26O4Si/c1-5-7-13-21(18-3,19-4)15(6-2)20-16(17)14-11-9-8-10-12-14/h8-12,15H,5-7,13H2,1-4H3. The third-order valence-corrected chi connectivity index (χ3v) is 7.63. The quantitative estimate of drug-likeness (QED) is 0.515. The second-order valence-corrected chi connectivity index (χ2v) is 8.58. The number of rotatable bonds is 9. The SMILES string of the molecule is CCCC[Si](OC)(OC)C(CC)OC(=O)c1ccccc1. The number of carbonyl (C=O) groups excluding carboxylic acids is 1. The summed E-state index contributed by atoms with van der Waals surface area (Å²) in [6, 6.07) is 9.86. The number of benzene rings is 1. The molecule has 0 aromatic heterocycles. The van der Waals surface area contributed by atoms with E-state index in [9.17, 15) is 4.79 Å². The van der Waals surface area contributed by atoms with E-state index in [4.69, 9.17) is 13.6 Å². The van der Waals surface area contributed by atoms with Gasteiger partial charge in [0, 0.05) is 14.2 Å². The normalized spacial score (nSPS) is 13.0. The Hall–Kier alpha value is -1.17. The topological polar surface area (TPSA) is 44.8 Å². The number of carbonyl (C=O) groups is 1. The van der Waals surface area contributed by atoms with Crippen molar-refractivity contribution in [3.05, 3.63) is 35.9 Å². The second kappa shape index (κ2) is 8.97. The maximum absolute atomic E-state index is 12.3. The molecule has 0 aliphatic heterocycles. The number of hydrogen-bond donors (Lipinski definition) is 0. The Balaban J connectivity index is 2.86. The predicted octanol–water partition coefficient (Wildman–Crippen LogP) is 3.70. The average Bonchev–Trinajstić information content (AvgIpc) is 2.55. The summed E-state index contributed by atoms with van der Waals surface area (Å²) in [5, 5.41) is 0. The van der Waals surface area contributed by atoms with Gasteiger partial charge < -0.3 is 13.6 Å². The Morgan fingerprint density at radius 2 is 1.76 bits per heavy atom. The molecule has 0 bridgehead atoms. The van der Waals surface area contributed by atoms with Crippen molar-refractivity contribution in [1.82, 2.24) is 0 Å². The molecule has 1 aromatic carbocycles. The summed E-state index contributed by atoms with van der Waals surface area (Å²) in [5.41, 5.74) is 0.258. The van der Waals surface area contributed by atoms with E-state index >= 15 is 0 Å². The maximum atomic E-state index is 12.3. The van der Waals surface area contributed by atoms with Gasteiger partial charge in [0.25, 0.3) is 0 Å². The van der Waals surface area contributed by atoms with Crippen molar-refractivity contribution in [2.75, 3.05) is 14.2 Å². The van der Waals surface area contributed by atoms with Gasteiger partial charge in [-0.3, -0.25) is 0 Å². The highest BCUT2D eigenvalue weighted by atomic mass is 28.4. The van der Waals surface area contributed by atoms with Crippen LogP contribution in [0.2, 0.25) is 6.04 Å². The first-order valence-corrected chi connectivity index (χ1v) is 9.60. The predicted molar refractivity (Wildman–Crippen MR) is 85.4 cm³/mol. The third kappa shape index (κ3) is 4.66. The molecule has 1 unspecified atom stereocenters. The zero-order valence-electron chi connectivity index (χ0n) is 13.4. The molecule has 118 valence electrons. The first kappa shape index (κ1) is 17.9. The molecule has 21 heavy (non-hydrogen) atoms. The molecular weight excluding hydrogens is 284 g/mol. The van der Waals surface area contributed by atoms with Gasteiger partial charge in [-0.1, -0.05) is 44.9 Å². The van der Waals surface area contributed by atoms with E-state index in [1.54, 1.807) is 26.4 Å². The summed E-state index contributed by atoms with van der Waals surface area (Å²) in [4.78, 5) is 12.3. The summed E-state index contributed by atoms with van der Waals surface area (Å²) in [7, 11) is 0.782. The third-order valence-electron chi connectivity index (χ3n) is 3.69. The maximum Gasteiger partial charge on any atom is 0.379 e. The van der Waals surface area contributed by atoms with Crippen LogP contribution in [0.25, 0.3) is 0 Å². The molecule has 1 rings (SSSR count). The van der Waals surface area contributed by atoms with Gasteiger partial charge in [-0.05, 0) is 24.6 Å². The number of esters is 1. The van der Waals surface area contributed by atoms with Gasteiger partial charge in [0.1, 0.15) is 5.73 Å². The van der Waals surface area contributed by atoms with Crippen molar-refractivity contribution in [2.24, 2.45) is 0 Å². The van der Waals surface area contributed by atoms with Gasteiger partial charge in [0.2, 0.25) is 0 Å². The van der Waals surface area contributed by atoms with E-state index in [1.807, 2.05) is 25.1 Å². The van der Waals surface area contributed by atoms with Gasteiger partial charge in [-0.25, -0.2) is 4.79 Å². The largest absolute Gasteiger partial charge is 0.457 e. The molecule has 0 spiro atoms. The molecule has 0 radical (unpaired) electrons. The fourth-order valence-electron chi connectivity index (χ4n) is 2.39. The van der Waals surface area contributed by atoms with E-state index in [0.717, 1.165) is 18.9 Å². The zero-order chi connectivity index (χ0) is 15.7. The number of ether oxygens (including phenoxy) is 1. The zero-order valence-corrected chi connectivity index (χ0v) is 14.4. The average molecular weight is 310 g/mol. The fraction of sp³-hybridized carbons (Fsp3) is 0.562. The van der Waals surface area contributed by atoms with Crippen molar-refractivity contribution >= 4 is 14.5 Å². The van der Waals surface area contributed by atoms with Crippen molar-refractivity contribution in [1.29, 1.82) is 0 Å². The smallest absolute Gasteiger partial charge is 0.379 e. The minimum Gasteiger partial charge on any atom is -0.457 e. The Bertz CT molecular complexity index is 418. The highest BCUT2D eigenvalue weighted by molar-refractivity contribution is 6.68. The van der Waals surface area contributed by atoms with Crippen LogP contribution in [0, 0.1) is 0 Å². The van der Waals surface area contributed by atoms with Gasteiger partial charge in [-0.2, -0.15) is 0 Å².